The van der Waals surface area contributed by atoms with Crippen molar-refractivity contribution in [1.29, 1.82) is 0 Å². The molecule has 1 aliphatic carbocycles. The van der Waals surface area contributed by atoms with Gasteiger partial charge in [0.05, 0.1) is 0 Å². The Morgan fingerprint density at radius 1 is 1.07 bits per heavy atom. The van der Waals surface area contributed by atoms with Crippen LogP contribution in [0.25, 0.3) is 0 Å². The van der Waals surface area contributed by atoms with Crippen molar-refractivity contribution < 1.29 is 0 Å². The average Bonchev–Trinajstić information content (AvgIpc) is 2.89. The van der Waals surface area contributed by atoms with Gasteiger partial charge in [-0.15, -0.1) is 0 Å². The molecule has 2 rings (SSSR count). The molecule has 0 saturated heterocycles. The molecule has 1 fully saturated rings. The molecule has 0 aliphatic heterocycles. The third-order valence-corrected chi connectivity index (χ3v) is 3.94. The Morgan fingerprint density at radius 2 is 1.53 bits per heavy atom. The largest absolute Gasteiger partial charge is 0.325 e. The van der Waals surface area contributed by atoms with Gasteiger partial charge in [0.15, 0.2) is 0 Å². The summed E-state index contributed by atoms with van der Waals surface area (Å²) in [5.74, 6) is 0. The number of rotatable bonds is 2. The second kappa shape index (κ2) is 3.34. The van der Waals surface area contributed by atoms with E-state index in [1.807, 2.05) is 0 Å². The quantitative estimate of drug-likeness (QED) is 0.785. The van der Waals surface area contributed by atoms with Crippen LogP contribution in [0.4, 0.5) is 0 Å². The summed E-state index contributed by atoms with van der Waals surface area (Å²) in [7, 11) is 0. The van der Waals surface area contributed by atoms with Crippen molar-refractivity contribution in [2.45, 2.75) is 52.5 Å². The minimum absolute atomic E-state index is 0.121. The number of aryl methyl sites for hydroxylation is 2. The Kier molecular flexibility index (Phi) is 2.38. The Bertz CT molecular complexity index is 374. The smallest absolute Gasteiger partial charge is 0.0196 e. The third-order valence-electron chi connectivity index (χ3n) is 3.94. The van der Waals surface area contributed by atoms with E-state index >= 15 is 0 Å². The molecule has 0 atom stereocenters. The average molecular weight is 203 g/mol. The van der Waals surface area contributed by atoms with Gasteiger partial charge >= 0.3 is 0 Å². The van der Waals surface area contributed by atoms with Crippen LogP contribution in [0.15, 0.2) is 6.07 Å². The van der Waals surface area contributed by atoms with Crippen molar-refractivity contribution >= 4 is 0 Å². The molecular weight excluding hydrogens is 182 g/mol. The number of hydrogen-bond acceptors (Lipinski definition) is 1. The van der Waals surface area contributed by atoms with Gasteiger partial charge in [-0.1, -0.05) is 6.07 Å². The Morgan fingerprint density at radius 3 is 1.93 bits per heavy atom. The van der Waals surface area contributed by atoms with Gasteiger partial charge in [-0.25, -0.2) is 0 Å². The molecule has 1 heteroatoms. The third kappa shape index (κ3) is 1.93. The van der Waals surface area contributed by atoms with E-state index < -0.39 is 0 Å². The summed E-state index contributed by atoms with van der Waals surface area (Å²) in [4.78, 5) is 0. The Labute approximate surface area is 92.7 Å². The van der Waals surface area contributed by atoms with Crippen molar-refractivity contribution in [2.24, 2.45) is 5.73 Å². The maximum atomic E-state index is 6.22. The molecule has 0 aromatic heterocycles. The summed E-state index contributed by atoms with van der Waals surface area (Å²) in [5, 5.41) is 0. The van der Waals surface area contributed by atoms with E-state index in [0.29, 0.717) is 0 Å². The lowest BCUT2D eigenvalue weighted by molar-refractivity contribution is 0.666. The molecule has 0 amide bonds. The first kappa shape index (κ1) is 10.7. The SMILES string of the molecule is Cc1cc(C)c(C)c(CC2(N)CC2)c1C. The zero-order valence-corrected chi connectivity index (χ0v) is 10.3. The summed E-state index contributed by atoms with van der Waals surface area (Å²) in [6, 6.07) is 2.28. The lowest BCUT2D eigenvalue weighted by Gasteiger charge is -2.18. The van der Waals surface area contributed by atoms with Gasteiger partial charge in [0.1, 0.15) is 0 Å². The van der Waals surface area contributed by atoms with Gasteiger partial charge in [-0.05, 0) is 74.8 Å². The number of hydrogen-bond donors (Lipinski definition) is 1. The van der Waals surface area contributed by atoms with E-state index in [1.165, 1.54) is 40.7 Å². The van der Waals surface area contributed by atoms with Crippen molar-refractivity contribution in [1.82, 2.24) is 0 Å². The monoisotopic (exact) mass is 203 g/mol. The second-order valence-electron chi connectivity index (χ2n) is 5.28. The van der Waals surface area contributed by atoms with Crippen molar-refractivity contribution in [2.75, 3.05) is 0 Å². The van der Waals surface area contributed by atoms with E-state index in [1.54, 1.807) is 0 Å². The molecule has 0 bridgehead atoms. The predicted octanol–water partition coefficient (Wildman–Crippen LogP) is 2.95. The first-order chi connectivity index (χ1) is 6.93. The van der Waals surface area contributed by atoms with Gasteiger partial charge < -0.3 is 5.73 Å². The molecule has 0 spiro atoms. The summed E-state index contributed by atoms with van der Waals surface area (Å²) in [5.41, 5.74) is 13.5. The maximum Gasteiger partial charge on any atom is 0.0196 e. The van der Waals surface area contributed by atoms with E-state index in [-0.39, 0.29) is 5.54 Å². The first-order valence-corrected chi connectivity index (χ1v) is 5.78. The van der Waals surface area contributed by atoms with Crippen LogP contribution in [0.3, 0.4) is 0 Å². The molecule has 0 heterocycles. The summed E-state index contributed by atoms with van der Waals surface area (Å²) < 4.78 is 0. The molecule has 1 saturated carbocycles. The van der Waals surface area contributed by atoms with Crippen LogP contribution in [-0.2, 0) is 6.42 Å². The van der Waals surface area contributed by atoms with Gasteiger partial charge in [-0.3, -0.25) is 0 Å². The molecule has 0 radical (unpaired) electrons. The highest BCUT2D eigenvalue weighted by Gasteiger charge is 2.38. The van der Waals surface area contributed by atoms with Crippen molar-refractivity contribution in [3.05, 3.63) is 33.9 Å². The molecule has 15 heavy (non-hydrogen) atoms. The van der Waals surface area contributed by atoms with Crippen LogP contribution in [0.1, 0.15) is 40.7 Å². The van der Waals surface area contributed by atoms with Gasteiger partial charge in [0, 0.05) is 5.54 Å². The number of benzene rings is 1. The fourth-order valence-corrected chi connectivity index (χ4v) is 2.25. The minimum Gasteiger partial charge on any atom is -0.325 e. The topological polar surface area (TPSA) is 26.0 Å². The Balaban J connectivity index is 2.44. The van der Waals surface area contributed by atoms with Crippen molar-refractivity contribution in [3.63, 3.8) is 0 Å². The van der Waals surface area contributed by atoms with Gasteiger partial charge in [0.25, 0.3) is 0 Å². The lowest BCUT2D eigenvalue weighted by atomic mass is 9.90. The van der Waals surface area contributed by atoms with Crippen LogP contribution in [0.5, 0.6) is 0 Å². The highest BCUT2D eigenvalue weighted by atomic mass is 14.8. The fraction of sp³-hybridized carbons (Fsp3) is 0.571. The molecule has 2 N–H and O–H groups in total. The van der Waals surface area contributed by atoms with Crippen LogP contribution in [0, 0.1) is 27.7 Å². The molecular formula is C14H21N. The maximum absolute atomic E-state index is 6.22. The number of nitrogens with two attached hydrogens (primary N) is 1. The molecule has 0 unspecified atom stereocenters. The molecule has 1 aliphatic rings. The normalized spacial score (nSPS) is 17.9. The van der Waals surface area contributed by atoms with Crippen LogP contribution < -0.4 is 5.73 Å². The fourth-order valence-electron chi connectivity index (χ4n) is 2.25. The lowest BCUT2D eigenvalue weighted by Crippen LogP contribution is -2.25. The minimum atomic E-state index is 0.121. The molecule has 1 aromatic rings. The van der Waals surface area contributed by atoms with Crippen LogP contribution in [0.2, 0.25) is 0 Å². The highest BCUT2D eigenvalue weighted by Crippen LogP contribution is 2.38. The highest BCUT2D eigenvalue weighted by molar-refractivity contribution is 5.45. The van der Waals surface area contributed by atoms with Crippen LogP contribution in [-0.4, -0.2) is 5.54 Å². The molecule has 82 valence electrons. The standard InChI is InChI=1S/C14H21N/c1-9-7-10(2)12(4)13(11(9)3)8-14(15)5-6-14/h7H,5-6,8,15H2,1-4H3. The van der Waals surface area contributed by atoms with E-state index in [2.05, 4.69) is 33.8 Å². The zero-order valence-electron chi connectivity index (χ0n) is 10.3. The second-order valence-corrected chi connectivity index (χ2v) is 5.28. The van der Waals surface area contributed by atoms with Crippen LogP contribution >= 0.6 is 0 Å². The van der Waals surface area contributed by atoms with Crippen molar-refractivity contribution in [3.8, 4) is 0 Å². The molecule has 1 nitrogen and oxygen atoms in total. The van der Waals surface area contributed by atoms with E-state index in [4.69, 9.17) is 5.73 Å². The molecule has 1 aromatic carbocycles. The predicted molar refractivity (Wildman–Crippen MR) is 65.2 cm³/mol. The summed E-state index contributed by atoms with van der Waals surface area (Å²) >= 11 is 0. The van der Waals surface area contributed by atoms with E-state index in [0.717, 1.165) is 6.42 Å². The van der Waals surface area contributed by atoms with E-state index in [9.17, 15) is 0 Å². The van der Waals surface area contributed by atoms with Gasteiger partial charge in [0.2, 0.25) is 0 Å². The first-order valence-electron chi connectivity index (χ1n) is 5.78. The van der Waals surface area contributed by atoms with Gasteiger partial charge in [-0.2, -0.15) is 0 Å². The summed E-state index contributed by atoms with van der Waals surface area (Å²) in [6.45, 7) is 8.84. The Hall–Kier alpha value is -0.820. The summed E-state index contributed by atoms with van der Waals surface area (Å²) in [6.07, 6.45) is 3.45. The zero-order chi connectivity index (χ0) is 11.2.